The molecule has 0 bridgehead atoms. The van der Waals surface area contributed by atoms with Gasteiger partial charge in [0.25, 0.3) is 0 Å². The van der Waals surface area contributed by atoms with Crippen LogP contribution in [0.4, 0.5) is 11.6 Å². The van der Waals surface area contributed by atoms with Crippen LogP contribution < -0.4 is 10.6 Å². The summed E-state index contributed by atoms with van der Waals surface area (Å²) in [5.41, 5.74) is 0. The highest BCUT2D eigenvalue weighted by molar-refractivity contribution is 9.10. The molecule has 0 saturated carbocycles. The number of rotatable bonds is 7. The van der Waals surface area contributed by atoms with E-state index >= 15 is 0 Å². The van der Waals surface area contributed by atoms with E-state index in [4.69, 9.17) is 0 Å². The third-order valence-corrected chi connectivity index (χ3v) is 3.94. The number of nitrogens with one attached hydrogen (secondary N) is 2. The summed E-state index contributed by atoms with van der Waals surface area (Å²) in [6.45, 7) is 9.67. The molecule has 0 aliphatic heterocycles. The molecule has 1 rings (SSSR count). The van der Waals surface area contributed by atoms with Gasteiger partial charge in [0.1, 0.15) is 22.4 Å². The highest BCUT2D eigenvalue weighted by atomic mass is 79.9. The molecule has 18 heavy (non-hydrogen) atoms. The molecule has 0 fully saturated rings. The van der Waals surface area contributed by atoms with E-state index in [0.717, 1.165) is 35.5 Å². The lowest BCUT2D eigenvalue weighted by Gasteiger charge is -2.21. The van der Waals surface area contributed by atoms with Gasteiger partial charge in [0.05, 0.1) is 0 Å². The van der Waals surface area contributed by atoms with Crippen LogP contribution in [0.2, 0.25) is 0 Å². The molecule has 0 aliphatic carbocycles. The molecule has 1 heterocycles. The van der Waals surface area contributed by atoms with Crippen LogP contribution in [0.1, 0.15) is 40.5 Å². The van der Waals surface area contributed by atoms with E-state index in [-0.39, 0.29) is 0 Å². The quantitative estimate of drug-likeness (QED) is 0.801. The zero-order valence-electron chi connectivity index (χ0n) is 11.6. The zero-order valence-corrected chi connectivity index (χ0v) is 13.2. The van der Waals surface area contributed by atoms with Crippen LogP contribution in [0.25, 0.3) is 0 Å². The number of anilines is 2. The van der Waals surface area contributed by atoms with Crippen LogP contribution in [0.3, 0.4) is 0 Å². The summed E-state index contributed by atoms with van der Waals surface area (Å²) in [6.07, 6.45) is 3.81. The van der Waals surface area contributed by atoms with Crippen LogP contribution in [-0.4, -0.2) is 22.6 Å². The van der Waals surface area contributed by atoms with E-state index in [1.54, 1.807) is 6.33 Å². The van der Waals surface area contributed by atoms with Crippen molar-refractivity contribution in [3.63, 3.8) is 0 Å². The van der Waals surface area contributed by atoms with Gasteiger partial charge < -0.3 is 10.6 Å². The Kier molecular flexibility index (Phi) is 6.39. The van der Waals surface area contributed by atoms with Crippen molar-refractivity contribution in [1.29, 1.82) is 0 Å². The van der Waals surface area contributed by atoms with Crippen LogP contribution >= 0.6 is 15.9 Å². The van der Waals surface area contributed by atoms with Gasteiger partial charge in [-0.2, -0.15) is 0 Å². The Bertz CT molecular complexity index is 370. The molecule has 0 amide bonds. The molecular weight excluding hydrogens is 292 g/mol. The van der Waals surface area contributed by atoms with Crippen molar-refractivity contribution >= 4 is 27.6 Å². The Hall–Kier alpha value is -0.840. The van der Waals surface area contributed by atoms with Crippen LogP contribution in [0.5, 0.6) is 0 Å². The highest BCUT2D eigenvalue weighted by Crippen LogP contribution is 2.27. The minimum atomic E-state index is 0.389. The molecule has 2 atom stereocenters. The zero-order chi connectivity index (χ0) is 13.5. The van der Waals surface area contributed by atoms with Gasteiger partial charge in [-0.25, -0.2) is 9.97 Å². The molecule has 0 radical (unpaired) electrons. The fraction of sp³-hybridized carbons (Fsp3) is 0.692. The molecule has 4 nitrogen and oxygen atoms in total. The Morgan fingerprint density at radius 2 is 1.89 bits per heavy atom. The molecular formula is C13H23BrN4. The second-order valence-electron chi connectivity index (χ2n) is 4.63. The molecule has 0 aliphatic rings. The van der Waals surface area contributed by atoms with Crippen molar-refractivity contribution in [2.75, 3.05) is 17.2 Å². The number of nitrogens with zero attached hydrogens (tertiary/aromatic N) is 2. The lowest BCUT2D eigenvalue weighted by molar-refractivity contribution is 0.493. The summed E-state index contributed by atoms with van der Waals surface area (Å²) in [5.74, 6) is 2.32. The van der Waals surface area contributed by atoms with Crippen LogP contribution in [0.15, 0.2) is 10.8 Å². The van der Waals surface area contributed by atoms with Crippen molar-refractivity contribution in [3.05, 3.63) is 10.8 Å². The predicted octanol–water partition coefficient (Wildman–Crippen LogP) is 3.91. The van der Waals surface area contributed by atoms with E-state index in [9.17, 15) is 0 Å². The Morgan fingerprint density at radius 1 is 1.22 bits per heavy atom. The Balaban J connectivity index is 2.77. The molecule has 0 spiro atoms. The summed E-state index contributed by atoms with van der Waals surface area (Å²) in [4.78, 5) is 8.53. The van der Waals surface area contributed by atoms with Gasteiger partial charge in [-0.1, -0.05) is 27.2 Å². The minimum Gasteiger partial charge on any atom is -0.369 e. The molecule has 2 N–H and O–H groups in total. The van der Waals surface area contributed by atoms with Gasteiger partial charge in [0.15, 0.2) is 0 Å². The second kappa shape index (κ2) is 7.56. The smallest absolute Gasteiger partial charge is 0.146 e. The number of halogens is 1. The van der Waals surface area contributed by atoms with Crippen molar-refractivity contribution < 1.29 is 0 Å². The van der Waals surface area contributed by atoms with Gasteiger partial charge in [-0.05, 0) is 35.2 Å². The topological polar surface area (TPSA) is 49.8 Å². The Morgan fingerprint density at radius 3 is 2.50 bits per heavy atom. The number of aromatic nitrogens is 2. The predicted molar refractivity (Wildman–Crippen MR) is 81.1 cm³/mol. The molecule has 2 unspecified atom stereocenters. The van der Waals surface area contributed by atoms with Crippen molar-refractivity contribution in [2.24, 2.45) is 5.92 Å². The van der Waals surface area contributed by atoms with Crippen molar-refractivity contribution in [3.8, 4) is 0 Å². The fourth-order valence-corrected chi connectivity index (χ4v) is 2.01. The SMILES string of the molecule is CCCNc1ncnc(NC(C)C(C)CC)c1Br. The molecule has 0 aromatic carbocycles. The first-order valence-corrected chi connectivity index (χ1v) is 7.40. The molecule has 102 valence electrons. The maximum absolute atomic E-state index is 4.29. The van der Waals surface area contributed by atoms with Crippen LogP contribution in [0, 0.1) is 5.92 Å². The monoisotopic (exact) mass is 314 g/mol. The summed E-state index contributed by atoms with van der Waals surface area (Å²) in [7, 11) is 0. The third-order valence-electron chi connectivity index (χ3n) is 3.19. The van der Waals surface area contributed by atoms with E-state index in [1.807, 2.05) is 0 Å². The fourth-order valence-electron chi connectivity index (χ4n) is 1.55. The largest absolute Gasteiger partial charge is 0.369 e. The van der Waals surface area contributed by atoms with Gasteiger partial charge >= 0.3 is 0 Å². The summed E-state index contributed by atoms with van der Waals surface area (Å²) >= 11 is 3.56. The lowest BCUT2D eigenvalue weighted by atomic mass is 10.0. The van der Waals surface area contributed by atoms with Gasteiger partial charge in [0, 0.05) is 12.6 Å². The first-order valence-electron chi connectivity index (χ1n) is 6.61. The van der Waals surface area contributed by atoms with Gasteiger partial charge in [-0.3, -0.25) is 0 Å². The average Bonchev–Trinajstić information content (AvgIpc) is 2.38. The maximum atomic E-state index is 4.29. The van der Waals surface area contributed by atoms with Gasteiger partial charge in [-0.15, -0.1) is 0 Å². The van der Waals surface area contributed by atoms with Crippen molar-refractivity contribution in [1.82, 2.24) is 9.97 Å². The Labute approximate surface area is 118 Å². The molecule has 0 saturated heterocycles. The van der Waals surface area contributed by atoms with Crippen LogP contribution in [-0.2, 0) is 0 Å². The van der Waals surface area contributed by atoms with Crippen molar-refractivity contribution in [2.45, 2.75) is 46.6 Å². The first kappa shape index (κ1) is 15.2. The molecule has 1 aromatic heterocycles. The van der Waals surface area contributed by atoms with Gasteiger partial charge in [0.2, 0.25) is 0 Å². The summed E-state index contributed by atoms with van der Waals surface area (Å²) in [5, 5.41) is 6.72. The molecule has 5 heteroatoms. The molecule has 1 aromatic rings. The first-order chi connectivity index (χ1) is 8.60. The van der Waals surface area contributed by atoms with E-state index < -0.39 is 0 Å². The van der Waals surface area contributed by atoms with E-state index in [2.05, 4.69) is 64.2 Å². The normalized spacial score (nSPS) is 14.1. The summed E-state index contributed by atoms with van der Waals surface area (Å²) < 4.78 is 0.911. The average molecular weight is 315 g/mol. The lowest BCUT2D eigenvalue weighted by Crippen LogP contribution is -2.24. The minimum absolute atomic E-state index is 0.389. The second-order valence-corrected chi connectivity index (χ2v) is 5.42. The number of hydrogen-bond acceptors (Lipinski definition) is 4. The number of hydrogen-bond donors (Lipinski definition) is 2. The third kappa shape index (κ3) is 4.12. The van der Waals surface area contributed by atoms with E-state index in [0.29, 0.717) is 12.0 Å². The standard InChI is InChI=1S/C13H23BrN4/c1-5-7-15-12-11(14)13(17-8-16-12)18-10(4)9(3)6-2/h8-10H,5-7H2,1-4H3,(H2,15,16,17,18). The maximum Gasteiger partial charge on any atom is 0.146 e. The van der Waals surface area contributed by atoms with E-state index in [1.165, 1.54) is 0 Å². The summed E-state index contributed by atoms with van der Waals surface area (Å²) in [6, 6.07) is 0.389. The highest BCUT2D eigenvalue weighted by Gasteiger charge is 2.14.